The first-order valence-electron chi connectivity index (χ1n) is 6.65. The Kier molecular flexibility index (Phi) is 5.92. The molecule has 1 fully saturated rings. The molecule has 0 radical (unpaired) electrons. The summed E-state index contributed by atoms with van der Waals surface area (Å²) in [5.74, 6) is 0.369. The molecular formula is C13H25NO3. The van der Waals surface area contributed by atoms with E-state index in [0.29, 0.717) is 19.1 Å². The van der Waals surface area contributed by atoms with Gasteiger partial charge < -0.3 is 15.2 Å². The summed E-state index contributed by atoms with van der Waals surface area (Å²) in [7, 11) is 0. The number of aliphatic hydroxyl groups is 1. The lowest BCUT2D eigenvalue weighted by atomic mass is 9.98. The Hall–Kier alpha value is -0.610. The van der Waals surface area contributed by atoms with Crippen LogP contribution in [0.5, 0.6) is 0 Å². The predicted molar refractivity (Wildman–Crippen MR) is 66.7 cm³/mol. The number of ether oxygens (including phenoxy) is 1. The zero-order valence-electron chi connectivity index (χ0n) is 11.0. The van der Waals surface area contributed by atoms with Crippen LogP contribution >= 0.6 is 0 Å². The molecule has 1 aliphatic heterocycles. The summed E-state index contributed by atoms with van der Waals surface area (Å²) < 4.78 is 5.49. The molecule has 0 aromatic rings. The van der Waals surface area contributed by atoms with Crippen LogP contribution in [0.3, 0.4) is 0 Å². The van der Waals surface area contributed by atoms with Crippen LogP contribution in [-0.4, -0.2) is 36.4 Å². The minimum atomic E-state index is -0.629. The summed E-state index contributed by atoms with van der Waals surface area (Å²) in [6.45, 7) is 5.49. The second kappa shape index (κ2) is 6.97. The van der Waals surface area contributed by atoms with Crippen LogP contribution in [0.25, 0.3) is 0 Å². The van der Waals surface area contributed by atoms with Crippen molar-refractivity contribution in [1.29, 1.82) is 0 Å². The predicted octanol–water partition coefficient (Wildman–Crippen LogP) is 1.47. The first-order valence-corrected chi connectivity index (χ1v) is 6.65. The van der Waals surface area contributed by atoms with Crippen molar-refractivity contribution in [2.75, 3.05) is 19.8 Å². The third-order valence-electron chi connectivity index (χ3n) is 3.48. The quantitative estimate of drug-likeness (QED) is 0.712. The Morgan fingerprint density at radius 2 is 2.29 bits per heavy atom. The van der Waals surface area contributed by atoms with Gasteiger partial charge in [-0.3, -0.25) is 4.79 Å². The summed E-state index contributed by atoms with van der Waals surface area (Å²) in [5, 5.41) is 11.9. The van der Waals surface area contributed by atoms with Gasteiger partial charge in [0.25, 0.3) is 5.91 Å². The van der Waals surface area contributed by atoms with Gasteiger partial charge >= 0.3 is 0 Å². The molecule has 1 heterocycles. The maximum absolute atomic E-state index is 12.0. The molecule has 1 amide bonds. The van der Waals surface area contributed by atoms with Crippen LogP contribution < -0.4 is 5.32 Å². The first kappa shape index (κ1) is 14.5. The number of amides is 1. The number of carbonyl (C=O) groups is 1. The van der Waals surface area contributed by atoms with Gasteiger partial charge in [-0.05, 0) is 38.5 Å². The highest BCUT2D eigenvalue weighted by Gasteiger charge is 2.37. The lowest BCUT2D eigenvalue weighted by Gasteiger charge is -2.24. The van der Waals surface area contributed by atoms with Crippen molar-refractivity contribution in [2.45, 2.75) is 51.6 Å². The number of carbonyl (C=O) groups excluding carboxylic acids is 1. The van der Waals surface area contributed by atoms with E-state index in [1.54, 1.807) is 0 Å². The molecule has 2 unspecified atom stereocenters. The molecule has 1 aliphatic rings. The summed E-state index contributed by atoms with van der Waals surface area (Å²) in [6.07, 6.45) is 4.63. The Balaban J connectivity index is 2.34. The monoisotopic (exact) mass is 243 g/mol. The minimum absolute atomic E-state index is 0.00552. The van der Waals surface area contributed by atoms with E-state index in [4.69, 9.17) is 9.84 Å². The molecule has 1 saturated heterocycles. The smallest absolute Gasteiger partial charge is 0.251 e. The molecule has 0 saturated carbocycles. The molecule has 100 valence electrons. The fourth-order valence-electron chi connectivity index (χ4n) is 2.32. The molecule has 0 spiro atoms. The van der Waals surface area contributed by atoms with E-state index in [0.717, 1.165) is 32.1 Å². The Bertz CT molecular complexity index is 231. The molecule has 2 atom stereocenters. The van der Waals surface area contributed by atoms with Crippen LogP contribution in [0.4, 0.5) is 0 Å². The third-order valence-corrected chi connectivity index (χ3v) is 3.48. The SMILES string of the molecule is CCCC(CCO)CNC(=O)C1(C)CCCO1. The highest BCUT2D eigenvalue weighted by molar-refractivity contribution is 5.84. The Labute approximate surface area is 104 Å². The van der Waals surface area contributed by atoms with Crippen molar-refractivity contribution in [1.82, 2.24) is 5.32 Å². The second-order valence-corrected chi connectivity index (χ2v) is 5.06. The summed E-state index contributed by atoms with van der Waals surface area (Å²) >= 11 is 0. The van der Waals surface area contributed by atoms with Gasteiger partial charge in [0.15, 0.2) is 0 Å². The van der Waals surface area contributed by atoms with Gasteiger partial charge in [0.05, 0.1) is 0 Å². The maximum Gasteiger partial charge on any atom is 0.251 e. The molecule has 1 rings (SSSR count). The van der Waals surface area contributed by atoms with Gasteiger partial charge in [-0.2, -0.15) is 0 Å². The van der Waals surface area contributed by atoms with E-state index in [1.807, 2.05) is 6.92 Å². The Morgan fingerprint density at radius 1 is 1.53 bits per heavy atom. The molecular weight excluding hydrogens is 218 g/mol. The zero-order valence-corrected chi connectivity index (χ0v) is 11.0. The van der Waals surface area contributed by atoms with Crippen molar-refractivity contribution >= 4 is 5.91 Å². The standard InChI is InChI=1S/C13H25NO3/c1-3-5-11(6-8-15)10-14-12(16)13(2)7-4-9-17-13/h11,15H,3-10H2,1-2H3,(H,14,16). The van der Waals surface area contributed by atoms with E-state index in [1.165, 1.54) is 0 Å². The fourth-order valence-corrected chi connectivity index (χ4v) is 2.32. The molecule has 17 heavy (non-hydrogen) atoms. The van der Waals surface area contributed by atoms with Crippen LogP contribution in [0, 0.1) is 5.92 Å². The average molecular weight is 243 g/mol. The minimum Gasteiger partial charge on any atom is -0.396 e. The average Bonchev–Trinajstić information content (AvgIpc) is 2.74. The fraction of sp³-hybridized carbons (Fsp3) is 0.923. The number of nitrogens with one attached hydrogen (secondary N) is 1. The highest BCUT2D eigenvalue weighted by atomic mass is 16.5. The number of hydrogen-bond donors (Lipinski definition) is 2. The van der Waals surface area contributed by atoms with Crippen LogP contribution in [-0.2, 0) is 9.53 Å². The van der Waals surface area contributed by atoms with Gasteiger partial charge in [-0.25, -0.2) is 0 Å². The van der Waals surface area contributed by atoms with E-state index in [9.17, 15) is 4.79 Å². The van der Waals surface area contributed by atoms with Crippen molar-refractivity contribution < 1.29 is 14.6 Å². The van der Waals surface area contributed by atoms with Crippen molar-refractivity contribution in [3.8, 4) is 0 Å². The van der Waals surface area contributed by atoms with Crippen molar-refractivity contribution in [2.24, 2.45) is 5.92 Å². The van der Waals surface area contributed by atoms with Crippen LogP contribution in [0.2, 0.25) is 0 Å². The van der Waals surface area contributed by atoms with Gasteiger partial charge in [-0.15, -0.1) is 0 Å². The van der Waals surface area contributed by atoms with Crippen molar-refractivity contribution in [3.05, 3.63) is 0 Å². The molecule has 0 bridgehead atoms. The highest BCUT2D eigenvalue weighted by Crippen LogP contribution is 2.25. The van der Waals surface area contributed by atoms with E-state index in [-0.39, 0.29) is 12.5 Å². The maximum atomic E-state index is 12.0. The molecule has 0 aromatic heterocycles. The van der Waals surface area contributed by atoms with E-state index >= 15 is 0 Å². The number of aliphatic hydroxyl groups excluding tert-OH is 1. The molecule has 4 nitrogen and oxygen atoms in total. The van der Waals surface area contributed by atoms with Crippen LogP contribution in [0.15, 0.2) is 0 Å². The summed E-state index contributed by atoms with van der Waals surface area (Å²) in [6, 6.07) is 0. The summed E-state index contributed by atoms with van der Waals surface area (Å²) in [5.41, 5.74) is -0.629. The number of hydrogen-bond acceptors (Lipinski definition) is 3. The Morgan fingerprint density at radius 3 is 2.82 bits per heavy atom. The normalized spacial score (nSPS) is 25.8. The van der Waals surface area contributed by atoms with E-state index in [2.05, 4.69) is 12.2 Å². The van der Waals surface area contributed by atoms with Crippen molar-refractivity contribution in [3.63, 3.8) is 0 Å². The molecule has 0 aromatic carbocycles. The lowest BCUT2D eigenvalue weighted by molar-refractivity contribution is -0.139. The summed E-state index contributed by atoms with van der Waals surface area (Å²) in [4.78, 5) is 12.0. The molecule has 0 aliphatic carbocycles. The van der Waals surface area contributed by atoms with Gasteiger partial charge in [-0.1, -0.05) is 13.3 Å². The molecule has 2 N–H and O–H groups in total. The second-order valence-electron chi connectivity index (χ2n) is 5.06. The van der Waals surface area contributed by atoms with Gasteiger partial charge in [0.2, 0.25) is 0 Å². The largest absolute Gasteiger partial charge is 0.396 e. The number of rotatable bonds is 7. The zero-order chi connectivity index (χ0) is 12.7. The van der Waals surface area contributed by atoms with E-state index < -0.39 is 5.60 Å². The lowest BCUT2D eigenvalue weighted by Crippen LogP contribution is -2.45. The topological polar surface area (TPSA) is 58.6 Å². The van der Waals surface area contributed by atoms with Crippen LogP contribution in [0.1, 0.15) is 46.0 Å². The first-order chi connectivity index (χ1) is 8.12. The van der Waals surface area contributed by atoms with Gasteiger partial charge in [0.1, 0.15) is 5.60 Å². The molecule has 4 heteroatoms. The van der Waals surface area contributed by atoms with Gasteiger partial charge in [0, 0.05) is 19.8 Å². The third kappa shape index (κ3) is 4.28.